The summed E-state index contributed by atoms with van der Waals surface area (Å²) in [7, 11) is 0. The van der Waals surface area contributed by atoms with E-state index in [1.165, 1.54) is 0 Å². The minimum absolute atomic E-state index is 0.294. The third-order valence-corrected chi connectivity index (χ3v) is 4.22. The largest absolute Gasteiger partial charge is 0.369 e. The molecule has 1 fully saturated rings. The Hall–Kier alpha value is -2.93. The molecule has 26 heavy (non-hydrogen) atoms. The summed E-state index contributed by atoms with van der Waals surface area (Å²) >= 11 is 0. The summed E-state index contributed by atoms with van der Waals surface area (Å²) in [6.07, 6.45) is 3.53. The summed E-state index contributed by atoms with van der Waals surface area (Å²) in [5.74, 6) is -0.760. The minimum Gasteiger partial charge on any atom is -0.369 e. The van der Waals surface area contributed by atoms with Gasteiger partial charge in [0.2, 0.25) is 0 Å². The van der Waals surface area contributed by atoms with E-state index >= 15 is 0 Å². The van der Waals surface area contributed by atoms with Crippen molar-refractivity contribution in [1.82, 2.24) is 15.4 Å². The normalized spacial score (nSPS) is 16.0. The van der Waals surface area contributed by atoms with Crippen LogP contribution in [-0.4, -0.2) is 54.1 Å². The highest BCUT2D eigenvalue weighted by atomic mass is 16.7. The average molecular weight is 354 g/mol. The van der Waals surface area contributed by atoms with E-state index < -0.39 is 12.0 Å². The first-order valence-electron chi connectivity index (χ1n) is 8.61. The van der Waals surface area contributed by atoms with Crippen LogP contribution in [0.1, 0.15) is 17.3 Å². The second kappa shape index (κ2) is 8.44. The topological polar surface area (TPSA) is 74.8 Å². The van der Waals surface area contributed by atoms with Gasteiger partial charge in [-0.25, -0.2) is 4.79 Å². The van der Waals surface area contributed by atoms with Gasteiger partial charge in [0.15, 0.2) is 0 Å². The van der Waals surface area contributed by atoms with E-state index in [-0.39, 0.29) is 5.91 Å². The van der Waals surface area contributed by atoms with Crippen LogP contribution in [0.3, 0.4) is 0 Å². The molecule has 1 N–H and O–H groups in total. The quantitative estimate of drug-likeness (QED) is 0.877. The molecular weight excluding hydrogens is 332 g/mol. The predicted molar refractivity (Wildman–Crippen MR) is 97.5 cm³/mol. The molecule has 1 atom stereocenters. The zero-order chi connectivity index (χ0) is 18.4. The fourth-order valence-corrected chi connectivity index (χ4v) is 2.73. The number of amides is 1. The number of piperazine rings is 1. The van der Waals surface area contributed by atoms with Crippen molar-refractivity contribution >= 4 is 17.6 Å². The van der Waals surface area contributed by atoms with Gasteiger partial charge in [-0.2, -0.15) is 0 Å². The molecule has 7 heteroatoms. The summed E-state index contributed by atoms with van der Waals surface area (Å²) in [5, 5.41) is 4.31. The number of nitrogens with zero attached hydrogens (tertiary/aromatic N) is 3. The number of carbonyl (C=O) groups excluding carboxylic acids is 2. The van der Waals surface area contributed by atoms with Crippen LogP contribution in [0.4, 0.5) is 5.69 Å². The Labute approximate surface area is 152 Å². The third-order valence-electron chi connectivity index (χ3n) is 4.22. The Bertz CT molecular complexity index is 731. The second-order valence-electron chi connectivity index (χ2n) is 6.09. The molecule has 1 aromatic carbocycles. The van der Waals surface area contributed by atoms with Crippen molar-refractivity contribution in [2.45, 2.75) is 13.0 Å². The molecule has 0 bridgehead atoms. The molecule has 2 aromatic rings. The number of hydroxylamine groups is 2. The molecule has 1 saturated heterocycles. The molecule has 3 rings (SSSR count). The summed E-state index contributed by atoms with van der Waals surface area (Å²) in [5.41, 5.74) is 1.62. The molecule has 0 aliphatic carbocycles. The number of carbonyl (C=O) groups is 2. The number of pyridine rings is 1. The van der Waals surface area contributed by atoms with E-state index in [4.69, 9.17) is 4.84 Å². The third kappa shape index (κ3) is 4.58. The van der Waals surface area contributed by atoms with Crippen molar-refractivity contribution in [1.29, 1.82) is 0 Å². The van der Waals surface area contributed by atoms with Gasteiger partial charge in [0.05, 0.1) is 13.1 Å². The maximum absolute atomic E-state index is 12.2. The molecule has 1 unspecified atom stereocenters. The number of aromatic nitrogens is 1. The lowest BCUT2D eigenvalue weighted by Gasteiger charge is -2.35. The highest BCUT2D eigenvalue weighted by Gasteiger charge is 2.24. The lowest BCUT2D eigenvalue weighted by molar-refractivity contribution is -0.193. The van der Waals surface area contributed by atoms with Crippen LogP contribution in [0.15, 0.2) is 54.9 Å². The smallest absolute Gasteiger partial charge is 0.347 e. The van der Waals surface area contributed by atoms with Gasteiger partial charge in [0.1, 0.15) is 6.04 Å². The molecule has 7 nitrogen and oxygen atoms in total. The summed E-state index contributed by atoms with van der Waals surface area (Å²) < 4.78 is 0. The molecule has 1 aliphatic heterocycles. The van der Waals surface area contributed by atoms with Gasteiger partial charge in [-0.1, -0.05) is 18.2 Å². The van der Waals surface area contributed by atoms with Crippen LogP contribution in [0, 0.1) is 0 Å². The molecule has 0 radical (unpaired) electrons. The minimum atomic E-state index is -0.721. The van der Waals surface area contributed by atoms with Gasteiger partial charge >= 0.3 is 5.97 Å². The Kier molecular flexibility index (Phi) is 5.80. The first kappa shape index (κ1) is 17.9. The van der Waals surface area contributed by atoms with Gasteiger partial charge in [0, 0.05) is 36.7 Å². The van der Waals surface area contributed by atoms with Gasteiger partial charge in [-0.15, -0.1) is 5.06 Å². The fourth-order valence-electron chi connectivity index (χ4n) is 2.73. The van der Waals surface area contributed by atoms with Crippen LogP contribution in [-0.2, 0) is 9.63 Å². The van der Waals surface area contributed by atoms with Crippen molar-refractivity contribution < 1.29 is 14.4 Å². The van der Waals surface area contributed by atoms with Crippen molar-refractivity contribution in [3.8, 4) is 0 Å². The van der Waals surface area contributed by atoms with Crippen LogP contribution < -0.4 is 10.2 Å². The maximum atomic E-state index is 12.2. The van der Waals surface area contributed by atoms with E-state index in [0.717, 1.165) is 18.8 Å². The molecule has 0 saturated carbocycles. The summed E-state index contributed by atoms with van der Waals surface area (Å²) in [4.78, 5) is 36.0. The average Bonchev–Trinajstić information content (AvgIpc) is 2.70. The first-order valence-corrected chi connectivity index (χ1v) is 8.61. The van der Waals surface area contributed by atoms with Crippen molar-refractivity contribution in [2.75, 3.05) is 31.1 Å². The standard InChI is InChI=1S/C19H22N4O3/c1-15(21-18(24)16-5-3-2-4-6-16)19(25)26-23-13-11-22(12-14-23)17-7-9-20-10-8-17/h2-10,15H,11-14H2,1H3,(H,21,24). The van der Waals surface area contributed by atoms with E-state index in [9.17, 15) is 9.59 Å². The summed E-state index contributed by atoms with van der Waals surface area (Å²) in [6, 6.07) is 12.0. The van der Waals surface area contributed by atoms with Gasteiger partial charge in [-0.05, 0) is 31.2 Å². The number of rotatable bonds is 5. The Morgan fingerprint density at radius 3 is 2.35 bits per heavy atom. The highest BCUT2D eigenvalue weighted by molar-refractivity contribution is 5.96. The Balaban J connectivity index is 1.46. The van der Waals surface area contributed by atoms with Crippen molar-refractivity contribution in [3.05, 3.63) is 60.4 Å². The molecular formula is C19H22N4O3. The van der Waals surface area contributed by atoms with E-state index in [2.05, 4.69) is 15.2 Å². The van der Waals surface area contributed by atoms with E-state index in [1.807, 2.05) is 18.2 Å². The van der Waals surface area contributed by atoms with E-state index in [0.29, 0.717) is 18.7 Å². The van der Waals surface area contributed by atoms with Crippen LogP contribution in [0.5, 0.6) is 0 Å². The number of hydrogen-bond acceptors (Lipinski definition) is 6. The molecule has 1 aromatic heterocycles. The number of anilines is 1. The summed E-state index contributed by atoms with van der Waals surface area (Å²) in [6.45, 7) is 4.33. The van der Waals surface area contributed by atoms with Crippen molar-refractivity contribution in [2.24, 2.45) is 0 Å². The Morgan fingerprint density at radius 2 is 1.69 bits per heavy atom. The van der Waals surface area contributed by atoms with Crippen molar-refractivity contribution in [3.63, 3.8) is 0 Å². The lowest BCUT2D eigenvalue weighted by Crippen LogP contribution is -2.49. The second-order valence-corrected chi connectivity index (χ2v) is 6.09. The SMILES string of the molecule is CC(NC(=O)c1ccccc1)C(=O)ON1CCN(c2ccncc2)CC1. The number of nitrogens with one attached hydrogen (secondary N) is 1. The van der Waals surface area contributed by atoms with Gasteiger partial charge in [-0.3, -0.25) is 9.78 Å². The zero-order valence-corrected chi connectivity index (χ0v) is 14.7. The highest BCUT2D eigenvalue weighted by Crippen LogP contribution is 2.15. The van der Waals surface area contributed by atoms with Crippen LogP contribution >= 0.6 is 0 Å². The fraction of sp³-hybridized carbons (Fsp3) is 0.316. The first-order chi connectivity index (χ1) is 12.6. The predicted octanol–water partition coefficient (Wildman–Crippen LogP) is 1.48. The van der Waals surface area contributed by atoms with Crippen LogP contribution in [0.25, 0.3) is 0 Å². The maximum Gasteiger partial charge on any atom is 0.347 e. The molecule has 0 spiro atoms. The Morgan fingerprint density at radius 1 is 1.04 bits per heavy atom. The number of benzene rings is 1. The van der Waals surface area contributed by atoms with E-state index in [1.54, 1.807) is 48.6 Å². The number of hydrogen-bond donors (Lipinski definition) is 1. The molecule has 2 heterocycles. The zero-order valence-electron chi connectivity index (χ0n) is 14.7. The lowest BCUT2D eigenvalue weighted by atomic mass is 10.2. The molecule has 1 amide bonds. The van der Waals surface area contributed by atoms with Crippen LogP contribution in [0.2, 0.25) is 0 Å². The molecule has 1 aliphatic rings. The van der Waals surface area contributed by atoms with Gasteiger partial charge in [0.25, 0.3) is 5.91 Å². The van der Waals surface area contributed by atoms with Gasteiger partial charge < -0.3 is 15.1 Å². The molecule has 136 valence electrons. The monoisotopic (exact) mass is 354 g/mol.